The molecule has 0 unspecified atom stereocenters. The van der Waals surface area contributed by atoms with E-state index in [2.05, 4.69) is 72.8 Å². The Bertz CT molecular complexity index is 1030. The van der Waals surface area contributed by atoms with E-state index in [0.717, 1.165) is 12.8 Å². The molecule has 0 saturated carbocycles. The van der Waals surface area contributed by atoms with Crippen molar-refractivity contribution < 1.29 is 0 Å². The SMILES string of the molecule is c1ccc(Cc2ccc3c4c2ccc2cccc(c24)CC3)cc1. The topological polar surface area (TPSA) is 0 Å². The van der Waals surface area contributed by atoms with Gasteiger partial charge >= 0.3 is 0 Å². The van der Waals surface area contributed by atoms with Crippen LogP contribution in [-0.2, 0) is 19.3 Å². The van der Waals surface area contributed by atoms with Crippen LogP contribution in [0.25, 0.3) is 21.5 Å². The second-order valence-electron chi connectivity index (χ2n) is 6.55. The van der Waals surface area contributed by atoms with Gasteiger partial charge in [-0.1, -0.05) is 72.8 Å². The molecule has 0 aliphatic heterocycles. The highest BCUT2D eigenvalue weighted by molar-refractivity contribution is 6.12. The molecular weight excluding hydrogens is 276 g/mol. The molecule has 0 atom stereocenters. The van der Waals surface area contributed by atoms with Gasteiger partial charge in [0, 0.05) is 0 Å². The molecule has 4 aromatic carbocycles. The van der Waals surface area contributed by atoms with Gasteiger partial charge in [0.05, 0.1) is 0 Å². The molecule has 0 N–H and O–H groups in total. The second kappa shape index (κ2) is 4.96. The highest BCUT2D eigenvalue weighted by Gasteiger charge is 2.16. The zero-order valence-electron chi connectivity index (χ0n) is 13.0. The molecule has 4 aromatic rings. The number of benzene rings is 4. The molecule has 0 nitrogen and oxygen atoms in total. The largest absolute Gasteiger partial charge is 0.0622 e. The zero-order valence-corrected chi connectivity index (χ0v) is 13.0. The van der Waals surface area contributed by atoms with E-state index >= 15 is 0 Å². The fourth-order valence-corrected chi connectivity index (χ4v) is 4.09. The molecular formula is C23H18. The van der Waals surface area contributed by atoms with Gasteiger partial charge in [-0.05, 0) is 63.1 Å². The molecule has 1 aliphatic carbocycles. The molecule has 0 spiro atoms. The van der Waals surface area contributed by atoms with Gasteiger partial charge in [-0.15, -0.1) is 0 Å². The Morgan fingerprint density at radius 1 is 0.609 bits per heavy atom. The molecule has 1 aliphatic rings. The number of hydrogen-bond acceptors (Lipinski definition) is 0. The maximum Gasteiger partial charge on any atom is -0.00196 e. The van der Waals surface area contributed by atoms with Gasteiger partial charge in [-0.2, -0.15) is 0 Å². The molecule has 110 valence electrons. The van der Waals surface area contributed by atoms with Crippen LogP contribution in [0.1, 0.15) is 22.3 Å². The normalized spacial score (nSPS) is 13.0. The summed E-state index contributed by atoms with van der Waals surface area (Å²) >= 11 is 0. The van der Waals surface area contributed by atoms with Crippen molar-refractivity contribution in [2.75, 3.05) is 0 Å². The maximum atomic E-state index is 2.36. The average Bonchev–Trinajstić information content (AvgIpc) is 2.62. The van der Waals surface area contributed by atoms with Gasteiger partial charge in [-0.25, -0.2) is 0 Å². The first-order valence-corrected chi connectivity index (χ1v) is 8.39. The van der Waals surface area contributed by atoms with E-state index in [0.29, 0.717) is 0 Å². The number of hydrogen-bond donors (Lipinski definition) is 0. The molecule has 0 saturated heterocycles. The van der Waals surface area contributed by atoms with Crippen LogP contribution in [0, 0.1) is 0 Å². The van der Waals surface area contributed by atoms with Crippen molar-refractivity contribution in [3.63, 3.8) is 0 Å². The molecule has 0 bridgehead atoms. The van der Waals surface area contributed by atoms with E-state index in [1.807, 2.05) is 0 Å². The fourth-order valence-electron chi connectivity index (χ4n) is 4.09. The first kappa shape index (κ1) is 12.9. The van der Waals surface area contributed by atoms with Crippen LogP contribution >= 0.6 is 0 Å². The Hall–Kier alpha value is -2.60. The summed E-state index contributed by atoms with van der Waals surface area (Å²) < 4.78 is 0. The maximum absolute atomic E-state index is 2.36. The third-order valence-electron chi connectivity index (χ3n) is 5.19. The first-order valence-electron chi connectivity index (χ1n) is 8.39. The quantitative estimate of drug-likeness (QED) is 0.417. The predicted octanol–water partition coefficient (Wildman–Crippen LogP) is 5.68. The summed E-state index contributed by atoms with van der Waals surface area (Å²) in [7, 11) is 0. The second-order valence-corrected chi connectivity index (χ2v) is 6.55. The fraction of sp³-hybridized carbons (Fsp3) is 0.130. The minimum atomic E-state index is 1.01. The summed E-state index contributed by atoms with van der Waals surface area (Å²) in [6, 6.07) is 26.8. The van der Waals surface area contributed by atoms with Gasteiger partial charge < -0.3 is 0 Å². The van der Waals surface area contributed by atoms with Gasteiger partial charge in [0.2, 0.25) is 0 Å². The summed E-state index contributed by atoms with van der Waals surface area (Å²) in [6.07, 6.45) is 3.34. The van der Waals surface area contributed by atoms with Crippen molar-refractivity contribution >= 4 is 21.5 Å². The minimum absolute atomic E-state index is 1.01. The van der Waals surface area contributed by atoms with Crippen LogP contribution in [0.5, 0.6) is 0 Å². The third kappa shape index (κ3) is 1.98. The first-order chi connectivity index (χ1) is 11.4. The zero-order chi connectivity index (χ0) is 15.2. The lowest BCUT2D eigenvalue weighted by Crippen LogP contribution is -2.02. The minimum Gasteiger partial charge on any atom is -0.0622 e. The number of rotatable bonds is 2. The Morgan fingerprint density at radius 3 is 2.30 bits per heavy atom. The summed E-state index contributed by atoms with van der Waals surface area (Å²) in [5.74, 6) is 0. The van der Waals surface area contributed by atoms with E-state index in [9.17, 15) is 0 Å². The predicted molar refractivity (Wildman–Crippen MR) is 98.1 cm³/mol. The van der Waals surface area contributed by atoms with Gasteiger partial charge in [0.1, 0.15) is 0 Å². The van der Waals surface area contributed by atoms with E-state index in [4.69, 9.17) is 0 Å². The van der Waals surface area contributed by atoms with Gasteiger partial charge in [0.15, 0.2) is 0 Å². The van der Waals surface area contributed by atoms with Gasteiger partial charge in [-0.3, -0.25) is 0 Å². The lowest BCUT2D eigenvalue weighted by molar-refractivity contribution is 0.966. The Balaban J connectivity index is 1.81. The molecule has 5 rings (SSSR count). The van der Waals surface area contributed by atoms with Crippen LogP contribution in [-0.4, -0.2) is 0 Å². The highest BCUT2D eigenvalue weighted by atomic mass is 14.2. The van der Waals surface area contributed by atoms with Crippen LogP contribution in [0.4, 0.5) is 0 Å². The van der Waals surface area contributed by atoms with E-state index in [1.54, 1.807) is 0 Å². The van der Waals surface area contributed by atoms with Crippen molar-refractivity contribution in [3.8, 4) is 0 Å². The molecule has 0 amide bonds. The van der Waals surface area contributed by atoms with E-state index in [-0.39, 0.29) is 0 Å². The summed E-state index contributed by atoms with van der Waals surface area (Å²) in [6.45, 7) is 0. The summed E-state index contributed by atoms with van der Waals surface area (Å²) in [5, 5.41) is 5.80. The standard InChI is InChI=1S/C23H18/c1-2-5-16(6-3-1)15-20-12-11-19-10-9-17-7-4-8-18-13-14-21(20)23(19)22(17)18/h1-8,11-14H,9-10,15H2. The smallest absolute Gasteiger partial charge is 0.00196 e. The van der Waals surface area contributed by atoms with E-state index in [1.165, 1.54) is 50.2 Å². The molecule has 0 aromatic heterocycles. The van der Waals surface area contributed by atoms with Crippen LogP contribution in [0.2, 0.25) is 0 Å². The van der Waals surface area contributed by atoms with Crippen LogP contribution in [0.15, 0.2) is 72.8 Å². The Labute approximate surface area is 136 Å². The lowest BCUT2D eigenvalue weighted by atomic mass is 9.84. The van der Waals surface area contributed by atoms with Crippen molar-refractivity contribution in [2.45, 2.75) is 19.3 Å². The van der Waals surface area contributed by atoms with Crippen molar-refractivity contribution in [1.29, 1.82) is 0 Å². The molecule has 0 heterocycles. The Kier molecular flexibility index (Phi) is 2.78. The Morgan fingerprint density at radius 2 is 1.43 bits per heavy atom. The number of aryl methyl sites for hydroxylation is 2. The van der Waals surface area contributed by atoms with Crippen molar-refractivity contribution in [3.05, 3.63) is 95.1 Å². The average molecular weight is 294 g/mol. The lowest BCUT2D eigenvalue weighted by Gasteiger charge is -2.20. The van der Waals surface area contributed by atoms with Crippen molar-refractivity contribution in [2.24, 2.45) is 0 Å². The van der Waals surface area contributed by atoms with Crippen LogP contribution < -0.4 is 0 Å². The third-order valence-corrected chi connectivity index (χ3v) is 5.19. The molecule has 0 heteroatoms. The molecule has 0 fully saturated rings. The van der Waals surface area contributed by atoms with Gasteiger partial charge in [0.25, 0.3) is 0 Å². The van der Waals surface area contributed by atoms with Crippen LogP contribution in [0.3, 0.4) is 0 Å². The van der Waals surface area contributed by atoms with E-state index < -0.39 is 0 Å². The highest BCUT2D eigenvalue weighted by Crippen LogP contribution is 2.37. The molecule has 0 radical (unpaired) electrons. The van der Waals surface area contributed by atoms with Crippen molar-refractivity contribution in [1.82, 2.24) is 0 Å². The molecule has 23 heavy (non-hydrogen) atoms. The summed E-state index contributed by atoms with van der Waals surface area (Å²) in [5.41, 5.74) is 5.85. The summed E-state index contributed by atoms with van der Waals surface area (Å²) in [4.78, 5) is 0. The monoisotopic (exact) mass is 294 g/mol.